The fraction of sp³-hybridized carbons (Fsp3) is 0.357. The number of allylic oxidation sites excluding steroid dienone is 2. The molecule has 0 saturated carbocycles. The summed E-state index contributed by atoms with van der Waals surface area (Å²) in [6, 6.07) is 18.0. The lowest BCUT2D eigenvalue weighted by molar-refractivity contribution is -0.0753. The smallest absolute Gasteiger partial charge is 0.219 e. The first-order chi connectivity index (χ1) is 14.8. The van der Waals surface area contributed by atoms with Crippen LogP contribution in [-0.2, 0) is 22.3 Å². The molecule has 0 aromatic heterocycles. The molecular weight excluding hydrogens is 368 g/mol. The van der Waals surface area contributed by atoms with Crippen molar-refractivity contribution in [3.8, 4) is 0 Å². The van der Waals surface area contributed by atoms with Crippen LogP contribution in [0.5, 0.6) is 0 Å². The summed E-state index contributed by atoms with van der Waals surface area (Å²) in [5.74, 6) is 0. The first-order valence-electron chi connectivity index (χ1n) is 11.3. The third-order valence-corrected chi connectivity index (χ3v) is 5.98. The molecule has 1 unspecified atom stereocenters. The standard InChI is InChI=1S/C18H16.C10H16O2/c1-3-7-15-13(5-1)9-11-18-16-8-4-2-6-14(16)10-12-17(15)18;1-3-4-6-11-10-8-9(2)5-7-12-10/h1,3,5,7,9-12H,2,4,6,8H2;5,7-8,10H,3-4,6H2,1-2H3. The second-order valence-electron chi connectivity index (χ2n) is 8.23. The van der Waals surface area contributed by atoms with Gasteiger partial charge >= 0.3 is 0 Å². The van der Waals surface area contributed by atoms with E-state index in [2.05, 4.69) is 55.5 Å². The molecule has 3 aromatic rings. The number of hydrogen-bond acceptors (Lipinski definition) is 2. The van der Waals surface area contributed by atoms with E-state index in [-0.39, 0.29) is 6.29 Å². The van der Waals surface area contributed by atoms with E-state index in [0.717, 1.165) is 19.4 Å². The largest absolute Gasteiger partial charge is 0.469 e. The third kappa shape index (κ3) is 4.76. The summed E-state index contributed by atoms with van der Waals surface area (Å²) in [5.41, 5.74) is 4.37. The molecule has 30 heavy (non-hydrogen) atoms. The van der Waals surface area contributed by atoms with Gasteiger partial charge in [0.25, 0.3) is 0 Å². The van der Waals surface area contributed by atoms with Gasteiger partial charge < -0.3 is 9.47 Å². The van der Waals surface area contributed by atoms with E-state index >= 15 is 0 Å². The Morgan fingerprint density at radius 2 is 1.77 bits per heavy atom. The number of ether oxygens (including phenoxy) is 2. The van der Waals surface area contributed by atoms with E-state index in [1.54, 1.807) is 17.4 Å². The number of unbranched alkanes of at least 4 members (excludes halogenated alkanes) is 1. The first-order valence-corrected chi connectivity index (χ1v) is 11.3. The molecule has 3 aromatic carbocycles. The van der Waals surface area contributed by atoms with E-state index in [1.165, 1.54) is 52.8 Å². The predicted molar refractivity (Wildman–Crippen MR) is 127 cm³/mol. The molecule has 0 radical (unpaired) electrons. The second kappa shape index (κ2) is 9.95. The predicted octanol–water partition coefficient (Wildman–Crippen LogP) is 7.49. The van der Waals surface area contributed by atoms with Crippen molar-refractivity contribution < 1.29 is 9.47 Å². The molecule has 0 amide bonds. The molecule has 2 heteroatoms. The van der Waals surface area contributed by atoms with Gasteiger partial charge in [-0.25, -0.2) is 0 Å². The van der Waals surface area contributed by atoms with E-state index < -0.39 is 0 Å². The molecule has 1 heterocycles. The van der Waals surface area contributed by atoms with Crippen LogP contribution in [0.1, 0.15) is 50.7 Å². The molecule has 1 aliphatic carbocycles. The number of rotatable bonds is 4. The number of fused-ring (bicyclic) bond motifs is 5. The van der Waals surface area contributed by atoms with Gasteiger partial charge in [-0.1, -0.05) is 61.9 Å². The van der Waals surface area contributed by atoms with E-state index in [0.29, 0.717) is 0 Å². The van der Waals surface area contributed by atoms with Crippen LogP contribution in [0, 0.1) is 0 Å². The van der Waals surface area contributed by atoms with Crippen molar-refractivity contribution in [2.24, 2.45) is 0 Å². The van der Waals surface area contributed by atoms with E-state index in [1.807, 2.05) is 19.1 Å². The number of benzene rings is 3. The van der Waals surface area contributed by atoms with Gasteiger partial charge in [0.2, 0.25) is 6.29 Å². The monoisotopic (exact) mass is 400 g/mol. The molecule has 0 N–H and O–H groups in total. The maximum Gasteiger partial charge on any atom is 0.219 e. The van der Waals surface area contributed by atoms with Crippen molar-refractivity contribution in [2.75, 3.05) is 6.61 Å². The lowest BCUT2D eigenvalue weighted by Gasteiger charge is -2.18. The highest BCUT2D eigenvalue weighted by Gasteiger charge is 2.13. The zero-order valence-corrected chi connectivity index (χ0v) is 18.2. The molecule has 2 aliphatic rings. The van der Waals surface area contributed by atoms with Gasteiger partial charge in [-0.05, 0) is 89.4 Å². The quantitative estimate of drug-likeness (QED) is 0.333. The highest BCUT2D eigenvalue weighted by molar-refractivity contribution is 6.08. The highest BCUT2D eigenvalue weighted by Crippen LogP contribution is 2.33. The average molecular weight is 401 g/mol. The number of hydrogen-bond donors (Lipinski definition) is 0. The normalized spacial score (nSPS) is 17.7. The Morgan fingerprint density at radius 1 is 0.933 bits per heavy atom. The Hall–Kier alpha value is -2.58. The van der Waals surface area contributed by atoms with Gasteiger partial charge in [-0.2, -0.15) is 0 Å². The zero-order chi connectivity index (χ0) is 20.8. The molecule has 0 saturated heterocycles. The van der Waals surface area contributed by atoms with Gasteiger partial charge in [0.15, 0.2) is 0 Å². The zero-order valence-electron chi connectivity index (χ0n) is 18.2. The maximum absolute atomic E-state index is 5.44. The Kier molecular flexibility index (Phi) is 6.86. The Balaban J connectivity index is 0.000000159. The minimum atomic E-state index is -0.165. The molecule has 0 spiro atoms. The Bertz CT molecular complexity index is 1060. The van der Waals surface area contributed by atoms with Gasteiger partial charge in [0.05, 0.1) is 12.9 Å². The third-order valence-electron chi connectivity index (χ3n) is 5.98. The minimum Gasteiger partial charge on any atom is -0.469 e. The first kappa shape index (κ1) is 20.7. The van der Waals surface area contributed by atoms with Gasteiger partial charge in [0.1, 0.15) is 0 Å². The van der Waals surface area contributed by atoms with Crippen LogP contribution in [-0.4, -0.2) is 12.9 Å². The maximum atomic E-state index is 5.44. The second-order valence-corrected chi connectivity index (χ2v) is 8.23. The van der Waals surface area contributed by atoms with Crippen LogP contribution < -0.4 is 0 Å². The molecule has 1 aliphatic heterocycles. The van der Waals surface area contributed by atoms with Crippen molar-refractivity contribution in [2.45, 2.75) is 58.7 Å². The lowest BCUT2D eigenvalue weighted by atomic mass is 9.86. The van der Waals surface area contributed by atoms with Gasteiger partial charge in [0, 0.05) is 0 Å². The SMILES string of the molecule is CCCCOC1C=C(C)C=CO1.c1ccc2c(c1)ccc1c3c(ccc12)CCCC3. The molecule has 0 bridgehead atoms. The summed E-state index contributed by atoms with van der Waals surface area (Å²) >= 11 is 0. The molecule has 5 rings (SSSR count). The van der Waals surface area contributed by atoms with Crippen LogP contribution in [0.4, 0.5) is 0 Å². The van der Waals surface area contributed by atoms with E-state index in [9.17, 15) is 0 Å². The van der Waals surface area contributed by atoms with Crippen molar-refractivity contribution in [3.63, 3.8) is 0 Å². The molecule has 2 nitrogen and oxygen atoms in total. The Morgan fingerprint density at radius 3 is 2.63 bits per heavy atom. The van der Waals surface area contributed by atoms with Gasteiger partial charge in [-0.3, -0.25) is 0 Å². The van der Waals surface area contributed by atoms with Crippen molar-refractivity contribution >= 4 is 21.5 Å². The van der Waals surface area contributed by atoms with Crippen LogP contribution >= 0.6 is 0 Å². The summed E-state index contributed by atoms with van der Waals surface area (Å²) in [6.07, 6.45) is 12.9. The fourth-order valence-corrected chi connectivity index (χ4v) is 4.31. The molecular formula is C28H32O2. The van der Waals surface area contributed by atoms with Crippen LogP contribution in [0.2, 0.25) is 0 Å². The van der Waals surface area contributed by atoms with Crippen LogP contribution in [0.3, 0.4) is 0 Å². The highest BCUT2D eigenvalue weighted by atomic mass is 16.7. The molecule has 0 fully saturated rings. The van der Waals surface area contributed by atoms with Crippen molar-refractivity contribution in [1.29, 1.82) is 0 Å². The summed E-state index contributed by atoms with van der Waals surface area (Å²) < 4.78 is 10.7. The summed E-state index contributed by atoms with van der Waals surface area (Å²) in [7, 11) is 0. The molecule has 156 valence electrons. The van der Waals surface area contributed by atoms with Crippen LogP contribution in [0.25, 0.3) is 21.5 Å². The molecule has 1 atom stereocenters. The van der Waals surface area contributed by atoms with E-state index in [4.69, 9.17) is 9.47 Å². The Labute approximate surface area is 180 Å². The minimum absolute atomic E-state index is 0.165. The summed E-state index contributed by atoms with van der Waals surface area (Å²) in [6.45, 7) is 4.96. The van der Waals surface area contributed by atoms with Crippen molar-refractivity contribution in [1.82, 2.24) is 0 Å². The summed E-state index contributed by atoms with van der Waals surface area (Å²) in [5, 5.41) is 5.64. The fourth-order valence-electron chi connectivity index (χ4n) is 4.31. The topological polar surface area (TPSA) is 18.5 Å². The number of aryl methyl sites for hydroxylation is 2. The van der Waals surface area contributed by atoms with Crippen LogP contribution in [0.15, 0.2) is 72.5 Å². The van der Waals surface area contributed by atoms with Crippen molar-refractivity contribution in [3.05, 3.63) is 83.6 Å². The lowest BCUT2D eigenvalue weighted by Crippen LogP contribution is -2.14. The van der Waals surface area contributed by atoms with Gasteiger partial charge in [-0.15, -0.1) is 0 Å². The summed E-state index contributed by atoms with van der Waals surface area (Å²) in [4.78, 5) is 0. The average Bonchev–Trinajstić information content (AvgIpc) is 2.79.